The summed E-state index contributed by atoms with van der Waals surface area (Å²) in [6, 6.07) is 2.34. The van der Waals surface area contributed by atoms with E-state index in [1.165, 1.54) is 0 Å². The fraction of sp³-hybridized carbons (Fsp3) is 0.750. The van der Waals surface area contributed by atoms with Crippen LogP contribution in [0.2, 0.25) is 0 Å². The molecule has 1 aromatic heterocycles. The van der Waals surface area contributed by atoms with Crippen LogP contribution in [0.4, 0.5) is 5.82 Å². The topological polar surface area (TPSA) is 52.7 Å². The molecular weight excluding hydrogens is 280 g/mol. The molecule has 0 aromatic carbocycles. The first-order chi connectivity index (χ1) is 9.56. The summed E-state index contributed by atoms with van der Waals surface area (Å²) in [5, 5.41) is 7.33. The van der Waals surface area contributed by atoms with E-state index >= 15 is 0 Å². The average Bonchev–Trinajstić information content (AvgIpc) is 2.22. The minimum atomic E-state index is 0.129. The molecule has 21 heavy (non-hydrogen) atoms. The number of aromatic nitrogens is 2. The van der Waals surface area contributed by atoms with Crippen LogP contribution in [0.3, 0.4) is 0 Å². The van der Waals surface area contributed by atoms with Gasteiger partial charge in [0.25, 0.3) is 0 Å². The first kappa shape index (κ1) is 16.4. The third kappa shape index (κ3) is 4.51. The van der Waals surface area contributed by atoms with E-state index < -0.39 is 0 Å². The van der Waals surface area contributed by atoms with Gasteiger partial charge in [-0.3, -0.25) is 0 Å². The minimum Gasteiger partial charge on any atom is -0.369 e. The van der Waals surface area contributed by atoms with Gasteiger partial charge in [0.2, 0.25) is 0 Å². The molecule has 1 aromatic rings. The third-order valence-electron chi connectivity index (χ3n) is 3.86. The predicted octanol–water partition coefficient (Wildman–Crippen LogP) is 3.98. The molecule has 1 saturated heterocycles. The highest BCUT2D eigenvalue weighted by Crippen LogP contribution is 2.30. The first-order valence-electron chi connectivity index (χ1n) is 7.73. The Bertz CT molecular complexity index is 544. The van der Waals surface area contributed by atoms with E-state index in [4.69, 9.17) is 12.2 Å². The van der Waals surface area contributed by atoms with Crippen molar-refractivity contribution in [1.29, 1.82) is 0 Å². The second-order valence-electron chi connectivity index (χ2n) is 7.82. The van der Waals surface area contributed by atoms with Crippen LogP contribution in [0.25, 0.3) is 0 Å². The number of nitrogens with one attached hydrogen (secondary N) is 3. The molecule has 0 aliphatic carbocycles. The van der Waals surface area contributed by atoms with Gasteiger partial charge in [-0.25, -0.2) is 4.98 Å². The Labute approximate surface area is 133 Å². The van der Waals surface area contributed by atoms with Crippen molar-refractivity contribution in [2.45, 2.75) is 77.4 Å². The van der Waals surface area contributed by atoms with Crippen molar-refractivity contribution < 1.29 is 0 Å². The van der Waals surface area contributed by atoms with E-state index in [0.717, 1.165) is 24.5 Å². The van der Waals surface area contributed by atoms with E-state index in [-0.39, 0.29) is 11.1 Å². The maximum absolute atomic E-state index is 5.28. The first-order valence-corrected chi connectivity index (χ1v) is 8.14. The SMILES string of the molecule is CC(C)c1nc(=S)cc(NC2CC(C)(C)NC(C)(C)C2)[nH]1. The molecule has 118 valence electrons. The van der Waals surface area contributed by atoms with Crippen molar-refractivity contribution in [2.75, 3.05) is 5.32 Å². The molecule has 0 spiro atoms. The highest BCUT2D eigenvalue weighted by molar-refractivity contribution is 7.71. The van der Waals surface area contributed by atoms with Crippen LogP contribution < -0.4 is 10.6 Å². The molecule has 1 aliphatic rings. The zero-order valence-corrected chi connectivity index (χ0v) is 14.8. The molecule has 0 saturated carbocycles. The second kappa shape index (κ2) is 5.69. The number of nitrogens with zero attached hydrogens (tertiary/aromatic N) is 1. The Morgan fingerprint density at radius 3 is 2.33 bits per heavy atom. The van der Waals surface area contributed by atoms with Gasteiger partial charge in [-0.2, -0.15) is 0 Å². The summed E-state index contributed by atoms with van der Waals surface area (Å²) in [5.74, 6) is 2.27. The van der Waals surface area contributed by atoms with Crippen molar-refractivity contribution in [3.63, 3.8) is 0 Å². The van der Waals surface area contributed by atoms with Crippen LogP contribution in [-0.2, 0) is 0 Å². The number of rotatable bonds is 3. The van der Waals surface area contributed by atoms with Gasteiger partial charge in [-0.15, -0.1) is 0 Å². The monoisotopic (exact) mass is 308 g/mol. The molecule has 4 nitrogen and oxygen atoms in total. The summed E-state index contributed by atoms with van der Waals surface area (Å²) in [6.45, 7) is 13.3. The maximum Gasteiger partial charge on any atom is 0.131 e. The van der Waals surface area contributed by atoms with Crippen molar-refractivity contribution in [2.24, 2.45) is 0 Å². The van der Waals surface area contributed by atoms with Crippen LogP contribution in [0.1, 0.15) is 66.1 Å². The molecule has 0 radical (unpaired) electrons. The molecule has 0 unspecified atom stereocenters. The standard InChI is InChI=1S/C16H28N4S/c1-10(2)14-18-12(7-13(21)19-14)17-11-8-15(3,4)20-16(5,6)9-11/h7,10-11,20H,8-9H2,1-6H3,(H2,17,18,19,21). The van der Waals surface area contributed by atoms with Crippen LogP contribution in [0, 0.1) is 4.64 Å². The van der Waals surface area contributed by atoms with Gasteiger partial charge < -0.3 is 15.6 Å². The summed E-state index contributed by atoms with van der Waals surface area (Å²) in [4.78, 5) is 7.77. The number of hydrogen-bond acceptors (Lipinski definition) is 4. The Balaban J connectivity index is 2.20. The Morgan fingerprint density at radius 2 is 1.81 bits per heavy atom. The van der Waals surface area contributed by atoms with Crippen LogP contribution in [-0.4, -0.2) is 27.1 Å². The molecule has 1 fully saturated rings. The Hall–Kier alpha value is -0.940. The van der Waals surface area contributed by atoms with Gasteiger partial charge in [0.15, 0.2) is 0 Å². The van der Waals surface area contributed by atoms with Crippen LogP contribution in [0.15, 0.2) is 6.07 Å². The van der Waals surface area contributed by atoms with Crippen molar-refractivity contribution >= 4 is 18.0 Å². The van der Waals surface area contributed by atoms with E-state index in [0.29, 0.717) is 16.6 Å². The van der Waals surface area contributed by atoms with Gasteiger partial charge in [-0.1, -0.05) is 26.1 Å². The fourth-order valence-electron chi connectivity index (χ4n) is 3.47. The summed E-state index contributed by atoms with van der Waals surface area (Å²) < 4.78 is 0.646. The minimum absolute atomic E-state index is 0.129. The number of anilines is 1. The number of hydrogen-bond donors (Lipinski definition) is 3. The molecular formula is C16H28N4S. The lowest BCUT2D eigenvalue weighted by molar-refractivity contribution is 0.170. The molecule has 2 rings (SSSR count). The number of piperidine rings is 1. The van der Waals surface area contributed by atoms with Crippen molar-refractivity contribution in [3.05, 3.63) is 16.5 Å². The summed E-state index contributed by atoms with van der Waals surface area (Å²) in [7, 11) is 0. The Kier molecular flexibility index (Phi) is 4.45. The number of aromatic amines is 1. The van der Waals surface area contributed by atoms with Gasteiger partial charge in [0, 0.05) is 29.1 Å². The van der Waals surface area contributed by atoms with Gasteiger partial charge >= 0.3 is 0 Å². The van der Waals surface area contributed by atoms with E-state index in [1.54, 1.807) is 0 Å². The summed E-state index contributed by atoms with van der Waals surface area (Å²) >= 11 is 5.28. The van der Waals surface area contributed by atoms with E-state index in [1.807, 2.05) is 6.07 Å². The molecule has 0 bridgehead atoms. The smallest absolute Gasteiger partial charge is 0.131 e. The quantitative estimate of drug-likeness (QED) is 0.739. The average molecular weight is 308 g/mol. The third-order valence-corrected chi connectivity index (χ3v) is 4.07. The second-order valence-corrected chi connectivity index (χ2v) is 8.23. The molecule has 0 amide bonds. The lowest BCUT2D eigenvalue weighted by atomic mass is 9.79. The summed E-state index contributed by atoms with van der Waals surface area (Å²) in [6.07, 6.45) is 2.16. The van der Waals surface area contributed by atoms with E-state index in [9.17, 15) is 0 Å². The molecule has 3 N–H and O–H groups in total. The molecule has 2 heterocycles. The molecule has 1 aliphatic heterocycles. The normalized spacial score (nSPS) is 21.5. The molecule has 5 heteroatoms. The fourth-order valence-corrected chi connectivity index (χ4v) is 3.69. The Morgan fingerprint density at radius 1 is 1.24 bits per heavy atom. The zero-order valence-electron chi connectivity index (χ0n) is 14.0. The lowest BCUT2D eigenvalue weighted by Crippen LogP contribution is -2.60. The van der Waals surface area contributed by atoms with Crippen molar-refractivity contribution in [3.8, 4) is 0 Å². The van der Waals surface area contributed by atoms with Gasteiger partial charge in [0.05, 0.1) is 0 Å². The summed E-state index contributed by atoms with van der Waals surface area (Å²) in [5.41, 5.74) is 0.258. The van der Waals surface area contributed by atoms with Crippen molar-refractivity contribution in [1.82, 2.24) is 15.3 Å². The zero-order chi connectivity index (χ0) is 15.8. The highest BCUT2D eigenvalue weighted by atomic mass is 32.1. The van der Waals surface area contributed by atoms with E-state index in [2.05, 4.69) is 62.1 Å². The van der Waals surface area contributed by atoms with Crippen LogP contribution in [0.5, 0.6) is 0 Å². The van der Waals surface area contributed by atoms with Crippen LogP contribution >= 0.6 is 12.2 Å². The largest absolute Gasteiger partial charge is 0.369 e. The number of H-pyrrole nitrogens is 1. The lowest BCUT2D eigenvalue weighted by Gasteiger charge is -2.46. The van der Waals surface area contributed by atoms with Gasteiger partial charge in [0.1, 0.15) is 16.3 Å². The highest BCUT2D eigenvalue weighted by Gasteiger charge is 2.37. The van der Waals surface area contributed by atoms with Gasteiger partial charge in [-0.05, 0) is 40.5 Å². The predicted molar refractivity (Wildman–Crippen MR) is 91.4 cm³/mol. The molecule has 0 atom stereocenters. The maximum atomic E-state index is 5.28.